The van der Waals surface area contributed by atoms with E-state index in [0.717, 1.165) is 23.4 Å². The Morgan fingerprint density at radius 1 is 0.958 bits per heavy atom. The van der Waals surface area contributed by atoms with Crippen LogP contribution in [0.15, 0.2) is 42.6 Å². The van der Waals surface area contributed by atoms with E-state index in [0.29, 0.717) is 16.5 Å². The number of hydrogen-bond donors (Lipinski definition) is 2. The van der Waals surface area contributed by atoms with Crippen LogP contribution in [0.5, 0.6) is 0 Å². The molecule has 0 aliphatic heterocycles. The largest absolute Gasteiger partial charge is 0.339 e. The van der Waals surface area contributed by atoms with E-state index in [2.05, 4.69) is 25.8 Å². The molecule has 0 atom stereocenters. The predicted molar refractivity (Wildman–Crippen MR) is 88.9 cm³/mol. The third-order valence-electron chi connectivity index (χ3n) is 3.18. The van der Waals surface area contributed by atoms with Gasteiger partial charge < -0.3 is 10.6 Å². The van der Waals surface area contributed by atoms with Crippen LogP contribution >= 0.6 is 11.6 Å². The molecule has 5 nitrogen and oxygen atoms in total. The average molecular weight is 348 g/mol. The maximum Gasteiger partial charge on any atom is 0.249 e. The Kier molecular flexibility index (Phi) is 4.52. The van der Waals surface area contributed by atoms with Crippen molar-refractivity contribution in [3.8, 4) is 0 Å². The average Bonchev–Trinajstić information content (AvgIpc) is 2.55. The van der Waals surface area contributed by atoms with Crippen LogP contribution in [0.2, 0.25) is 5.02 Å². The van der Waals surface area contributed by atoms with Gasteiger partial charge in [0, 0.05) is 22.5 Å². The highest BCUT2D eigenvalue weighted by Crippen LogP contribution is 2.23. The van der Waals surface area contributed by atoms with Crippen LogP contribution < -0.4 is 10.6 Å². The van der Waals surface area contributed by atoms with Gasteiger partial charge in [-0.3, -0.25) is 0 Å². The molecule has 0 aliphatic carbocycles. The summed E-state index contributed by atoms with van der Waals surface area (Å²) in [7, 11) is 0. The standard InChI is InChI=1S/C16H12ClF2N5/c1-9-2-3-10(6-12(9)17)21-15-8-20-24-16(23-15)22-11-4-5-13(18)14(19)7-11/h2-8H,1H3,(H2,21,22,23,24). The number of nitrogens with one attached hydrogen (secondary N) is 2. The van der Waals surface area contributed by atoms with Crippen LogP contribution in [-0.4, -0.2) is 15.2 Å². The van der Waals surface area contributed by atoms with Crippen molar-refractivity contribution in [2.24, 2.45) is 0 Å². The van der Waals surface area contributed by atoms with Gasteiger partial charge in [-0.1, -0.05) is 17.7 Å². The second kappa shape index (κ2) is 6.76. The van der Waals surface area contributed by atoms with Crippen molar-refractivity contribution < 1.29 is 8.78 Å². The number of nitrogens with zero attached hydrogens (tertiary/aromatic N) is 3. The number of benzene rings is 2. The van der Waals surface area contributed by atoms with Gasteiger partial charge in [-0.2, -0.15) is 10.1 Å². The SMILES string of the molecule is Cc1ccc(Nc2cnnc(Nc3ccc(F)c(F)c3)n2)cc1Cl. The predicted octanol–water partition coefficient (Wildman–Crippen LogP) is 4.60. The molecule has 2 N–H and O–H groups in total. The van der Waals surface area contributed by atoms with Crippen LogP contribution in [0.25, 0.3) is 0 Å². The van der Waals surface area contributed by atoms with Crippen LogP contribution in [-0.2, 0) is 0 Å². The van der Waals surface area contributed by atoms with Crippen molar-refractivity contribution in [3.05, 3.63) is 64.8 Å². The zero-order valence-electron chi connectivity index (χ0n) is 12.5. The summed E-state index contributed by atoms with van der Waals surface area (Å²) in [5, 5.41) is 14.1. The Hall–Kier alpha value is -2.80. The molecule has 3 aromatic rings. The number of hydrogen-bond acceptors (Lipinski definition) is 5. The van der Waals surface area contributed by atoms with Gasteiger partial charge in [0.15, 0.2) is 17.5 Å². The highest BCUT2D eigenvalue weighted by atomic mass is 35.5. The molecule has 24 heavy (non-hydrogen) atoms. The van der Waals surface area contributed by atoms with Crippen LogP contribution in [0.1, 0.15) is 5.56 Å². The molecule has 0 saturated heterocycles. The first kappa shape index (κ1) is 16.1. The highest BCUT2D eigenvalue weighted by molar-refractivity contribution is 6.31. The molecule has 8 heteroatoms. The third-order valence-corrected chi connectivity index (χ3v) is 3.59. The molecule has 0 bridgehead atoms. The van der Waals surface area contributed by atoms with Gasteiger partial charge in [0.2, 0.25) is 5.95 Å². The molecule has 0 aliphatic rings. The van der Waals surface area contributed by atoms with E-state index in [9.17, 15) is 8.78 Å². The summed E-state index contributed by atoms with van der Waals surface area (Å²) in [6.45, 7) is 1.90. The van der Waals surface area contributed by atoms with Crippen molar-refractivity contribution in [2.75, 3.05) is 10.6 Å². The summed E-state index contributed by atoms with van der Waals surface area (Å²) in [5.74, 6) is -1.32. The first-order chi connectivity index (χ1) is 11.5. The van der Waals surface area contributed by atoms with Crippen LogP contribution in [0, 0.1) is 18.6 Å². The fraction of sp³-hybridized carbons (Fsp3) is 0.0625. The van der Waals surface area contributed by atoms with E-state index >= 15 is 0 Å². The van der Waals surface area contributed by atoms with Crippen molar-refractivity contribution in [2.45, 2.75) is 6.92 Å². The number of aromatic nitrogens is 3. The van der Waals surface area contributed by atoms with Gasteiger partial charge in [0.25, 0.3) is 0 Å². The van der Waals surface area contributed by atoms with Gasteiger partial charge >= 0.3 is 0 Å². The quantitative estimate of drug-likeness (QED) is 0.722. The van der Waals surface area contributed by atoms with E-state index in [1.54, 1.807) is 6.07 Å². The minimum atomic E-state index is -0.962. The zero-order chi connectivity index (χ0) is 17.1. The Morgan fingerprint density at radius 2 is 1.71 bits per heavy atom. The van der Waals surface area contributed by atoms with Crippen molar-refractivity contribution in [1.82, 2.24) is 15.2 Å². The Bertz CT molecular complexity index is 819. The number of anilines is 4. The van der Waals surface area contributed by atoms with Gasteiger partial charge in [0.1, 0.15) is 0 Å². The maximum absolute atomic E-state index is 13.2. The summed E-state index contributed by atoms with van der Waals surface area (Å²) in [6, 6.07) is 8.90. The van der Waals surface area contributed by atoms with Crippen LogP contribution in [0.4, 0.5) is 31.9 Å². The van der Waals surface area contributed by atoms with E-state index in [1.807, 2.05) is 19.1 Å². The second-order valence-corrected chi connectivity index (χ2v) is 5.42. The molecule has 0 amide bonds. The van der Waals surface area contributed by atoms with Gasteiger partial charge in [-0.05, 0) is 36.8 Å². The highest BCUT2D eigenvalue weighted by Gasteiger charge is 2.06. The molecule has 0 unspecified atom stereocenters. The minimum Gasteiger partial charge on any atom is -0.339 e. The molecular weight excluding hydrogens is 336 g/mol. The fourth-order valence-corrected chi connectivity index (χ4v) is 2.12. The van der Waals surface area contributed by atoms with Crippen LogP contribution in [0.3, 0.4) is 0 Å². The number of rotatable bonds is 4. The fourth-order valence-electron chi connectivity index (χ4n) is 1.94. The van der Waals surface area contributed by atoms with Gasteiger partial charge in [-0.25, -0.2) is 8.78 Å². The molecule has 122 valence electrons. The topological polar surface area (TPSA) is 62.7 Å². The molecule has 0 fully saturated rings. The smallest absolute Gasteiger partial charge is 0.249 e. The van der Waals surface area contributed by atoms with Gasteiger partial charge in [0.05, 0.1) is 6.20 Å². The Balaban J connectivity index is 1.78. The maximum atomic E-state index is 13.2. The normalized spacial score (nSPS) is 10.5. The summed E-state index contributed by atoms with van der Waals surface area (Å²) < 4.78 is 26.2. The first-order valence-electron chi connectivity index (χ1n) is 6.96. The summed E-state index contributed by atoms with van der Waals surface area (Å²) >= 11 is 6.08. The lowest BCUT2D eigenvalue weighted by atomic mass is 10.2. The van der Waals surface area contributed by atoms with Gasteiger partial charge in [-0.15, -0.1) is 5.10 Å². The lowest BCUT2D eigenvalue weighted by molar-refractivity contribution is 0.509. The van der Waals surface area contributed by atoms with E-state index in [-0.39, 0.29) is 5.95 Å². The number of halogens is 3. The Labute approximate surface area is 141 Å². The first-order valence-corrected chi connectivity index (χ1v) is 7.34. The zero-order valence-corrected chi connectivity index (χ0v) is 13.3. The lowest BCUT2D eigenvalue weighted by Gasteiger charge is -2.09. The molecule has 1 heterocycles. The molecule has 1 aromatic heterocycles. The summed E-state index contributed by atoms with van der Waals surface area (Å²) in [4.78, 5) is 4.21. The molecule has 0 spiro atoms. The van der Waals surface area contributed by atoms with E-state index in [1.165, 1.54) is 12.3 Å². The molecule has 2 aromatic carbocycles. The van der Waals surface area contributed by atoms with Crippen molar-refractivity contribution in [3.63, 3.8) is 0 Å². The molecule has 3 rings (SSSR count). The monoisotopic (exact) mass is 347 g/mol. The van der Waals surface area contributed by atoms with E-state index < -0.39 is 11.6 Å². The van der Waals surface area contributed by atoms with Crippen molar-refractivity contribution in [1.29, 1.82) is 0 Å². The molecule has 0 saturated carbocycles. The minimum absolute atomic E-state index is 0.143. The Morgan fingerprint density at radius 3 is 2.46 bits per heavy atom. The summed E-state index contributed by atoms with van der Waals surface area (Å²) in [6.07, 6.45) is 1.43. The van der Waals surface area contributed by atoms with E-state index in [4.69, 9.17) is 11.6 Å². The second-order valence-electron chi connectivity index (χ2n) is 5.01. The van der Waals surface area contributed by atoms with Crippen molar-refractivity contribution >= 4 is 34.7 Å². The third kappa shape index (κ3) is 3.75. The molecular formula is C16H12ClF2N5. The lowest BCUT2D eigenvalue weighted by Crippen LogP contribution is -2.03. The number of aryl methyl sites for hydroxylation is 1. The molecule has 0 radical (unpaired) electrons. The summed E-state index contributed by atoms with van der Waals surface area (Å²) in [5.41, 5.74) is 2.01.